The summed E-state index contributed by atoms with van der Waals surface area (Å²) >= 11 is 0. The summed E-state index contributed by atoms with van der Waals surface area (Å²) in [5, 5.41) is 3.22. The minimum absolute atomic E-state index is 0.0779. The van der Waals surface area contributed by atoms with Gasteiger partial charge >= 0.3 is 5.97 Å². The topological polar surface area (TPSA) is 60.5 Å². The maximum atomic E-state index is 11.3. The van der Waals surface area contributed by atoms with E-state index in [1.807, 2.05) is 13.0 Å². The number of esters is 1. The number of ether oxygens (including phenoxy) is 2. The van der Waals surface area contributed by atoms with Gasteiger partial charge in [-0.2, -0.15) is 0 Å². The maximum Gasteiger partial charge on any atom is 0.307 e. The highest BCUT2D eigenvalue weighted by atomic mass is 16.5. The Bertz CT molecular complexity index is 351. The zero-order chi connectivity index (χ0) is 12.7. The van der Waals surface area contributed by atoms with Crippen molar-refractivity contribution in [3.05, 3.63) is 23.9 Å². The minimum Gasteiger partial charge on any atom is -0.481 e. The summed E-state index contributed by atoms with van der Waals surface area (Å²) in [5.41, 5.74) is 0.943. The molecular formula is C12H18N2O3. The first-order chi connectivity index (χ1) is 8.21. The van der Waals surface area contributed by atoms with E-state index in [0.29, 0.717) is 12.3 Å². The second-order valence-electron chi connectivity index (χ2n) is 3.52. The van der Waals surface area contributed by atoms with Gasteiger partial charge in [0.25, 0.3) is 0 Å². The lowest BCUT2D eigenvalue weighted by atomic mass is 10.1. The van der Waals surface area contributed by atoms with Gasteiger partial charge in [-0.1, -0.05) is 13.0 Å². The second kappa shape index (κ2) is 6.85. The molecule has 1 atom stereocenters. The van der Waals surface area contributed by atoms with E-state index in [1.165, 1.54) is 7.11 Å². The van der Waals surface area contributed by atoms with Gasteiger partial charge in [-0.15, -0.1) is 0 Å². The quantitative estimate of drug-likeness (QED) is 0.757. The van der Waals surface area contributed by atoms with Crippen LogP contribution >= 0.6 is 0 Å². The largest absolute Gasteiger partial charge is 0.481 e. The Morgan fingerprint density at radius 2 is 2.24 bits per heavy atom. The third-order valence-corrected chi connectivity index (χ3v) is 2.42. The Kier molecular flexibility index (Phi) is 5.42. The lowest BCUT2D eigenvalue weighted by molar-refractivity contribution is -0.141. The minimum atomic E-state index is -0.244. The van der Waals surface area contributed by atoms with Crippen LogP contribution in [0.2, 0.25) is 0 Å². The summed E-state index contributed by atoms with van der Waals surface area (Å²) in [5.74, 6) is 0.314. The maximum absolute atomic E-state index is 11.3. The molecule has 5 nitrogen and oxygen atoms in total. The van der Waals surface area contributed by atoms with E-state index in [9.17, 15) is 4.79 Å². The molecule has 0 saturated carbocycles. The number of pyridine rings is 1. The van der Waals surface area contributed by atoms with Gasteiger partial charge in [-0.3, -0.25) is 4.79 Å². The highest BCUT2D eigenvalue weighted by Gasteiger charge is 2.15. The van der Waals surface area contributed by atoms with Crippen molar-refractivity contribution in [2.45, 2.75) is 19.4 Å². The van der Waals surface area contributed by atoms with Crippen LogP contribution in [0.15, 0.2) is 18.3 Å². The van der Waals surface area contributed by atoms with Crippen LogP contribution in [-0.2, 0) is 9.53 Å². The first-order valence-corrected chi connectivity index (χ1v) is 5.51. The molecule has 0 fully saturated rings. The van der Waals surface area contributed by atoms with Crippen molar-refractivity contribution in [2.75, 3.05) is 20.8 Å². The van der Waals surface area contributed by atoms with Gasteiger partial charge in [-0.25, -0.2) is 4.98 Å². The van der Waals surface area contributed by atoms with E-state index in [0.717, 1.165) is 12.1 Å². The smallest absolute Gasteiger partial charge is 0.307 e. The Morgan fingerprint density at radius 1 is 1.47 bits per heavy atom. The number of aromatic nitrogens is 1. The van der Waals surface area contributed by atoms with E-state index in [2.05, 4.69) is 15.0 Å². The molecule has 1 aromatic rings. The summed E-state index contributed by atoms with van der Waals surface area (Å²) in [6.45, 7) is 2.76. The third kappa shape index (κ3) is 4.03. The van der Waals surface area contributed by atoms with Crippen LogP contribution in [0.5, 0.6) is 5.88 Å². The summed E-state index contributed by atoms with van der Waals surface area (Å²) in [6.07, 6.45) is 1.99. The number of hydrogen-bond donors (Lipinski definition) is 1. The highest BCUT2D eigenvalue weighted by Crippen LogP contribution is 2.18. The standard InChI is InChI=1S/C12H18N2O3/c1-4-13-10(7-12(15)17-3)9-5-6-11(16-2)14-8-9/h5-6,8,10,13H,4,7H2,1-3H3. The van der Waals surface area contributed by atoms with Crippen LogP contribution in [0.1, 0.15) is 24.9 Å². The van der Waals surface area contributed by atoms with Gasteiger partial charge in [-0.05, 0) is 12.1 Å². The van der Waals surface area contributed by atoms with Crippen LogP contribution in [0.3, 0.4) is 0 Å². The lowest BCUT2D eigenvalue weighted by Gasteiger charge is -2.16. The molecule has 1 aromatic heterocycles. The van der Waals surface area contributed by atoms with Gasteiger partial charge < -0.3 is 14.8 Å². The molecule has 0 amide bonds. The molecule has 94 valence electrons. The van der Waals surface area contributed by atoms with E-state index in [4.69, 9.17) is 4.74 Å². The van der Waals surface area contributed by atoms with Crippen molar-refractivity contribution in [1.82, 2.24) is 10.3 Å². The molecule has 1 heterocycles. The van der Waals surface area contributed by atoms with E-state index in [1.54, 1.807) is 19.4 Å². The van der Waals surface area contributed by atoms with Crippen molar-refractivity contribution in [1.29, 1.82) is 0 Å². The van der Waals surface area contributed by atoms with Crippen LogP contribution in [-0.4, -0.2) is 31.7 Å². The number of rotatable bonds is 6. The van der Waals surface area contributed by atoms with E-state index < -0.39 is 0 Å². The van der Waals surface area contributed by atoms with Crippen molar-refractivity contribution in [3.8, 4) is 5.88 Å². The van der Waals surface area contributed by atoms with Gasteiger partial charge in [0.15, 0.2) is 0 Å². The molecule has 0 spiro atoms. The molecule has 1 rings (SSSR count). The van der Waals surface area contributed by atoms with Crippen molar-refractivity contribution in [3.63, 3.8) is 0 Å². The molecule has 1 unspecified atom stereocenters. The fourth-order valence-corrected chi connectivity index (χ4v) is 1.52. The van der Waals surface area contributed by atoms with Crippen molar-refractivity contribution in [2.24, 2.45) is 0 Å². The van der Waals surface area contributed by atoms with Gasteiger partial charge in [0.1, 0.15) is 0 Å². The van der Waals surface area contributed by atoms with Crippen molar-refractivity contribution < 1.29 is 14.3 Å². The van der Waals surface area contributed by atoms with E-state index in [-0.39, 0.29) is 12.0 Å². The highest BCUT2D eigenvalue weighted by molar-refractivity contribution is 5.70. The third-order valence-electron chi connectivity index (χ3n) is 2.42. The van der Waals surface area contributed by atoms with Crippen LogP contribution < -0.4 is 10.1 Å². The molecule has 1 N–H and O–H groups in total. The number of nitrogens with zero attached hydrogens (tertiary/aromatic N) is 1. The Balaban J connectivity index is 2.77. The normalized spacial score (nSPS) is 11.9. The van der Waals surface area contributed by atoms with E-state index >= 15 is 0 Å². The molecule has 0 aliphatic rings. The van der Waals surface area contributed by atoms with Crippen molar-refractivity contribution >= 4 is 5.97 Å². The summed E-state index contributed by atoms with van der Waals surface area (Å²) in [6, 6.07) is 3.59. The molecule has 0 saturated heterocycles. The monoisotopic (exact) mass is 238 g/mol. The fourth-order valence-electron chi connectivity index (χ4n) is 1.52. The van der Waals surface area contributed by atoms with Crippen LogP contribution in [0.4, 0.5) is 0 Å². The Morgan fingerprint density at radius 3 is 2.71 bits per heavy atom. The number of carbonyl (C=O) groups is 1. The zero-order valence-corrected chi connectivity index (χ0v) is 10.4. The molecule has 0 aliphatic heterocycles. The molecule has 0 aromatic carbocycles. The fraction of sp³-hybridized carbons (Fsp3) is 0.500. The predicted octanol–water partition coefficient (Wildman–Crippen LogP) is 1.30. The summed E-state index contributed by atoms with van der Waals surface area (Å²) in [7, 11) is 2.95. The molecule has 17 heavy (non-hydrogen) atoms. The van der Waals surface area contributed by atoms with Gasteiger partial charge in [0.2, 0.25) is 5.88 Å². The average Bonchev–Trinajstić information content (AvgIpc) is 2.38. The van der Waals surface area contributed by atoms with Crippen LogP contribution in [0.25, 0.3) is 0 Å². The second-order valence-corrected chi connectivity index (χ2v) is 3.52. The number of carbonyl (C=O) groups excluding carboxylic acids is 1. The first kappa shape index (κ1) is 13.4. The zero-order valence-electron chi connectivity index (χ0n) is 10.4. The average molecular weight is 238 g/mol. The first-order valence-electron chi connectivity index (χ1n) is 5.51. The van der Waals surface area contributed by atoms with Gasteiger partial charge in [0, 0.05) is 18.3 Å². The number of hydrogen-bond acceptors (Lipinski definition) is 5. The molecule has 0 aliphatic carbocycles. The lowest BCUT2D eigenvalue weighted by Crippen LogP contribution is -2.24. The summed E-state index contributed by atoms with van der Waals surface area (Å²) < 4.78 is 9.66. The summed E-state index contributed by atoms with van der Waals surface area (Å²) in [4.78, 5) is 15.4. The number of methoxy groups -OCH3 is 2. The molecular weight excluding hydrogens is 220 g/mol. The number of nitrogens with one attached hydrogen (secondary N) is 1. The predicted molar refractivity (Wildman–Crippen MR) is 63.8 cm³/mol. The SMILES string of the molecule is CCNC(CC(=O)OC)c1ccc(OC)nc1. The molecule has 0 radical (unpaired) electrons. The Labute approximate surface area is 101 Å². The Hall–Kier alpha value is -1.62. The van der Waals surface area contributed by atoms with Gasteiger partial charge in [0.05, 0.1) is 20.6 Å². The van der Waals surface area contributed by atoms with Crippen LogP contribution in [0, 0.1) is 0 Å². The molecule has 5 heteroatoms. The molecule has 0 bridgehead atoms.